The van der Waals surface area contributed by atoms with Crippen LogP contribution < -0.4 is 14.9 Å². The summed E-state index contributed by atoms with van der Waals surface area (Å²) < 4.78 is 39.5. The highest BCUT2D eigenvalue weighted by atomic mass is 16.7. The van der Waals surface area contributed by atoms with Crippen LogP contribution in [0.1, 0.15) is 13.8 Å². The first-order valence-corrected chi connectivity index (χ1v) is 16.1. The molecule has 0 bridgehead atoms. The number of fused-ring (bicyclic) bond motifs is 1. The van der Waals surface area contributed by atoms with Gasteiger partial charge in [-0.2, -0.15) is 0 Å². The maximum Gasteiger partial charge on any atom is 0.229 e. The molecule has 3 aliphatic rings. The Hall–Kier alpha value is -3.47. The molecule has 4 heterocycles. The minimum Gasteiger partial charge on any atom is -0.508 e. The molecular weight excluding hydrogens is 684 g/mol. The Kier molecular flexibility index (Phi) is 10.9. The Morgan fingerprint density at radius 2 is 1.27 bits per heavy atom. The third kappa shape index (κ3) is 7.29. The molecule has 0 saturated carbocycles. The van der Waals surface area contributed by atoms with Crippen LogP contribution in [0.5, 0.6) is 17.2 Å². The zero-order chi connectivity index (χ0) is 36.9. The van der Waals surface area contributed by atoms with E-state index in [2.05, 4.69) is 0 Å². The molecule has 3 saturated heterocycles. The van der Waals surface area contributed by atoms with E-state index in [0.717, 1.165) is 6.07 Å². The molecule has 0 unspecified atom stereocenters. The molecule has 10 N–H and O–H groups in total. The van der Waals surface area contributed by atoms with E-state index in [1.807, 2.05) is 0 Å². The van der Waals surface area contributed by atoms with Crippen molar-refractivity contribution in [2.24, 2.45) is 0 Å². The van der Waals surface area contributed by atoms with Gasteiger partial charge in [0, 0.05) is 23.8 Å². The van der Waals surface area contributed by atoms with Crippen LogP contribution >= 0.6 is 0 Å². The summed E-state index contributed by atoms with van der Waals surface area (Å²) in [5.74, 6) is -0.275. The topological polar surface area (TPSA) is 288 Å². The minimum absolute atomic E-state index is 0.0750. The van der Waals surface area contributed by atoms with E-state index in [9.17, 15) is 55.9 Å². The van der Waals surface area contributed by atoms with Crippen molar-refractivity contribution in [3.8, 4) is 28.6 Å². The summed E-state index contributed by atoms with van der Waals surface area (Å²) in [5, 5.41) is 102. The van der Waals surface area contributed by atoms with Crippen molar-refractivity contribution in [2.75, 3.05) is 6.61 Å². The summed E-state index contributed by atoms with van der Waals surface area (Å²) in [5.41, 5.74) is -0.257. The highest BCUT2D eigenvalue weighted by Crippen LogP contribution is 2.35. The summed E-state index contributed by atoms with van der Waals surface area (Å²) in [6, 6.07) is 9.48. The molecular formula is C33H40O18. The largest absolute Gasteiger partial charge is 0.508 e. The number of ether oxygens (including phenoxy) is 6. The van der Waals surface area contributed by atoms with E-state index in [4.69, 9.17) is 32.8 Å². The predicted octanol–water partition coefficient (Wildman–Crippen LogP) is -2.60. The molecule has 0 radical (unpaired) electrons. The minimum atomic E-state index is -1.74. The number of hydrogen-bond donors (Lipinski definition) is 10. The lowest BCUT2D eigenvalue weighted by Gasteiger charge is -2.45. The molecule has 15 atom stereocenters. The van der Waals surface area contributed by atoms with Gasteiger partial charge in [0.15, 0.2) is 11.7 Å². The van der Waals surface area contributed by atoms with Crippen molar-refractivity contribution in [1.82, 2.24) is 0 Å². The number of phenolic OH excluding ortho intramolecular Hbond substituents is 1. The average molecular weight is 725 g/mol. The number of aliphatic hydroxyl groups is 9. The molecule has 3 fully saturated rings. The van der Waals surface area contributed by atoms with Gasteiger partial charge < -0.3 is 83.9 Å². The van der Waals surface area contributed by atoms with E-state index in [0.29, 0.717) is 5.56 Å². The zero-order valence-corrected chi connectivity index (χ0v) is 27.1. The maximum atomic E-state index is 13.3. The molecule has 18 nitrogen and oxygen atoms in total. The Morgan fingerprint density at radius 1 is 0.667 bits per heavy atom. The highest BCUT2D eigenvalue weighted by molar-refractivity contribution is 5.86. The van der Waals surface area contributed by atoms with Gasteiger partial charge in [0.25, 0.3) is 0 Å². The van der Waals surface area contributed by atoms with E-state index < -0.39 is 104 Å². The van der Waals surface area contributed by atoms with Crippen molar-refractivity contribution in [1.29, 1.82) is 0 Å². The fraction of sp³-hybridized carbons (Fsp3) is 0.545. The Labute approximate surface area is 288 Å². The van der Waals surface area contributed by atoms with Gasteiger partial charge in [-0.3, -0.25) is 4.79 Å². The highest BCUT2D eigenvalue weighted by Gasteiger charge is 2.50. The lowest BCUT2D eigenvalue weighted by Crippen LogP contribution is -2.64. The molecule has 280 valence electrons. The van der Waals surface area contributed by atoms with E-state index in [-0.39, 0.29) is 34.0 Å². The van der Waals surface area contributed by atoms with Crippen LogP contribution in [0.4, 0.5) is 0 Å². The van der Waals surface area contributed by atoms with Gasteiger partial charge in [-0.25, -0.2) is 0 Å². The molecule has 1 aromatic heterocycles. The standard InChI is InChI=1S/C33H40O18/c1-11-22(37)24(39)27(42)32(45-11)49-19-8-14(35)7-18-21(19)16(36)9-17(48-18)13-3-5-15(6-4-13)47-31-29(44)26(41)30(12(2)46-31)51-33-28(43)25(40)23(38)20(10-34)50-33/h3-9,11-12,20,22-35,37-44H,10H2,1-2H3/t11-,12-,20+,22-,23+,24-,25-,26+,27-,28+,29-,30-,31+,32+,33+/m0/s1. The Bertz CT molecular complexity index is 1710. The second-order valence-corrected chi connectivity index (χ2v) is 12.7. The Morgan fingerprint density at radius 3 is 1.96 bits per heavy atom. The first-order valence-electron chi connectivity index (χ1n) is 16.1. The SMILES string of the molecule is C[C@@H]1O[C@H](Oc2cc(O)cc3oc(-c4ccc(O[C@H]5O[C@@H](C)[C@H](O[C@H]6O[C@H](CO)[C@@H](O)[C@H](O)[C@H]6O)[C@H](O)[C@@H]5O)cc4)cc(=O)c23)[C@@H](O)[C@@H](O)[C@H]1O. The monoisotopic (exact) mass is 724 g/mol. The van der Waals surface area contributed by atoms with Gasteiger partial charge in [-0.1, -0.05) is 0 Å². The zero-order valence-electron chi connectivity index (χ0n) is 27.1. The van der Waals surface area contributed by atoms with Gasteiger partial charge in [0.2, 0.25) is 12.6 Å². The Balaban J connectivity index is 1.14. The third-order valence-electron chi connectivity index (χ3n) is 9.14. The normalized spacial score (nSPS) is 38.8. The lowest BCUT2D eigenvalue weighted by molar-refractivity contribution is -0.348. The van der Waals surface area contributed by atoms with Gasteiger partial charge >= 0.3 is 0 Å². The van der Waals surface area contributed by atoms with Gasteiger partial charge in [-0.05, 0) is 38.1 Å². The van der Waals surface area contributed by atoms with Crippen molar-refractivity contribution >= 4 is 11.0 Å². The first-order chi connectivity index (χ1) is 24.2. The van der Waals surface area contributed by atoms with Crippen LogP contribution in [0, 0.1) is 0 Å². The second kappa shape index (κ2) is 14.9. The van der Waals surface area contributed by atoms with Crippen molar-refractivity contribution < 1.29 is 83.9 Å². The second-order valence-electron chi connectivity index (χ2n) is 12.7. The average Bonchev–Trinajstić information content (AvgIpc) is 3.10. The molecule has 6 rings (SSSR count). The van der Waals surface area contributed by atoms with Crippen LogP contribution in [-0.4, -0.2) is 150 Å². The molecule has 0 amide bonds. The molecule has 2 aromatic carbocycles. The summed E-state index contributed by atoms with van der Waals surface area (Å²) in [7, 11) is 0. The summed E-state index contributed by atoms with van der Waals surface area (Å²) in [6.45, 7) is 2.27. The number of benzene rings is 2. The fourth-order valence-corrected chi connectivity index (χ4v) is 6.17. The quantitative estimate of drug-likeness (QED) is 0.114. The number of rotatable bonds is 8. The summed E-state index contributed by atoms with van der Waals surface area (Å²) in [4.78, 5) is 13.3. The van der Waals surface area contributed by atoms with Gasteiger partial charge in [-0.15, -0.1) is 0 Å². The number of hydrogen-bond acceptors (Lipinski definition) is 18. The molecule has 3 aliphatic heterocycles. The predicted molar refractivity (Wildman–Crippen MR) is 168 cm³/mol. The van der Waals surface area contributed by atoms with Gasteiger partial charge in [0.05, 0.1) is 18.8 Å². The fourth-order valence-electron chi connectivity index (χ4n) is 6.17. The molecule has 0 aliphatic carbocycles. The van der Waals surface area contributed by atoms with Crippen molar-refractivity contribution in [3.63, 3.8) is 0 Å². The van der Waals surface area contributed by atoms with Crippen molar-refractivity contribution in [3.05, 3.63) is 52.7 Å². The maximum absolute atomic E-state index is 13.3. The van der Waals surface area contributed by atoms with E-state index in [1.54, 1.807) is 0 Å². The third-order valence-corrected chi connectivity index (χ3v) is 9.14. The number of aliphatic hydroxyl groups excluding tert-OH is 9. The molecule has 51 heavy (non-hydrogen) atoms. The summed E-state index contributed by atoms with van der Waals surface area (Å²) >= 11 is 0. The van der Waals surface area contributed by atoms with E-state index >= 15 is 0 Å². The van der Waals surface area contributed by atoms with Crippen LogP contribution in [-0.2, 0) is 18.9 Å². The number of phenols is 1. The van der Waals surface area contributed by atoms with Crippen LogP contribution in [0.25, 0.3) is 22.3 Å². The lowest BCUT2D eigenvalue weighted by atomic mass is 9.97. The van der Waals surface area contributed by atoms with Crippen molar-refractivity contribution in [2.45, 2.75) is 106 Å². The van der Waals surface area contributed by atoms with Crippen LogP contribution in [0.15, 0.2) is 51.7 Å². The smallest absolute Gasteiger partial charge is 0.229 e. The van der Waals surface area contributed by atoms with Crippen LogP contribution in [0.2, 0.25) is 0 Å². The van der Waals surface area contributed by atoms with Gasteiger partial charge in [0.1, 0.15) is 95.0 Å². The molecule has 18 heteroatoms. The van der Waals surface area contributed by atoms with E-state index in [1.165, 1.54) is 50.2 Å². The first kappa shape index (κ1) is 37.3. The molecule has 3 aromatic rings. The summed E-state index contributed by atoms with van der Waals surface area (Å²) in [6.07, 6.45) is -21.8. The molecule has 0 spiro atoms. The van der Waals surface area contributed by atoms with Crippen LogP contribution in [0.3, 0.4) is 0 Å². The number of aromatic hydroxyl groups is 1.